The zero-order valence-corrected chi connectivity index (χ0v) is 21.5. The maximum atomic E-state index is 7.01. The Hall–Kier alpha value is -1.54. The van der Waals surface area contributed by atoms with Crippen molar-refractivity contribution in [3.8, 4) is 11.5 Å². The van der Waals surface area contributed by atoms with Gasteiger partial charge < -0.3 is 0 Å². The van der Waals surface area contributed by atoms with Gasteiger partial charge in [-0.1, -0.05) is 0 Å². The van der Waals surface area contributed by atoms with Crippen molar-refractivity contribution in [2.24, 2.45) is 0 Å². The molecule has 0 saturated heterocycles. The number of hydrogen-bond donors (Lipinski definition) is 0. The molecule has 0 bridgehead atoms. The number of hydrogen-bond acceptors (Lipinski definition) is 2. The first-order valence-corrected chi connectivity index (χ1v) is 16.9. The molecule has 4 aromatic rings. The van der Waals surface area contributed by atoms with Crippen molar-refractivity contribution >= 4 is 75.2 Å². The number of fused-ring (bicyclic) bond motifs is 1. The van der Waals surface area contributed by atoms with Crippen molar-refractivity contribution in [1.82, 2.24) is 0 Å². The second-order valence-corrected chi connectivity index (χ2v) is 19.5. The van der Waals surface area contributed by atoms with E-state index in [4.69, 9.17) is 52.4 Å². The van der Waals surface area contributed by atoms with E-state index in [1.54, 1.807) is 0 Å². The Labute approximate surface area is 202 Å². The topological polar surface area (TPSA) is 18.5 Å². The van der Waals surface area contributed by atoms with Gasteiger partial charge >= 0.3 is 204 Å². The van der Waals surface area contributed by atoms with E-state index in [0.29, 0.717) is 11.5 Å². The monoisotopic (exact) mass is 596 g/mol. The Balaban J connectivity index is 1.97. The Morgan fingerprint density at radius 1 is 0.419 bits per heavy atom. The second kappa shape index (κ2) is 7.80. The fourth-order valence-electron chi connectivity index (χ4n) is 3.98. The minimum atomic E-state index is -5.16. The van der Waals surface area contributed by atoms with Gasteiger partial charge in [-0.2, -0.15) is 0 Å². The van der Waals surface area contributed by atoms with E-state index >= 15 is 0 Å². The molecule has 0 aliphatic carbocycles. The van der Waals surface area contributed by atoms with E-state index in [1.807, 2.05) is 91.0 Å². The van der Waals surface area contributed by atoms with Crippen LogP contribution in [0.1, 0.15) is 0 Å². The Kier molecular flexibility index (Phi) is 5.36. The van der Waals surface area contributed by atoms with Gasteiger partial charge in [-0.25, -0.2) is 0 Å². The summed E-state index contributed by atoms with van der Waals surface area (Å²) in [5.74, 6) is 0.638. The predicted molar refractivity (Wildman–Crippen MR) is 132 cm³/mol. The van der Waals surface area contributed by atoms with Crippen LogP contribution in [0.25, 0.3) is 0 Å². The molecule has 0 fully saturated rings. The third-order valence-electron chi connectivity index (χ3n) is 5.39. The van der Waals surface area contributed by atoms with Gasteiger partial charge in [-0.15, -0.1) is 0 Å². The summed E-state index contributed by atoms with van der Waals surface area (Å²) < 4.78 is 16.8. The van der Waals surface area contributed by atoms with E-state index in [0.717, 1.165) is 10.5 Å². The number of rotatable bonds is 3. The molecule has 0 amide bonds. The van der Waals surface area contributed by atoms with Crippen molar-refractivity contribution in [1.29, 1.82) is 0 Å². The van der Waals surface area contributed by atoms with Gasteiger partial charge in [0, 0.05) is 0 Å². The summed E-state index contributed by atoms with van der Waals surface area (Å²) in [6.45, 7) is 0. The molecule has 0 spiro atoms. The van der Waals surface area contributed by atoms with E-state index in [2.05, 4.69) is 0 Å². The summed E-state index contributed by atoms with van der Waals surface area (Å²) >= 11 is 20.8. The molecule has 0 N–H and O–H groups in total. The van der Waals surface area contributed by atoms with Crippen LogP contribution in [0.4, 0.5) is 0 Å². The summed E-state index contributed by atoms with van der Waals surface area (Å²) in [5.41, 5.74) is 0. The average molecular weight is 599 g/mol. The molecule has 5 rings (SSSR count). The second-order valence-electron chi connectivity index (χ2n) is 7.06. The van der Waals surface area contributed by atoms with Crippen LogP contribution in [0, 0.1) is 0 Å². The standard InChI is InChI=1S/C6H2Cl4O2.3C6H5.Sb/c7-1-2(8)4(10)6(12)5(11)3(1)9;3*1-2-4-6-5-3-1;/h11-12H;3*1-5H;/q;;;;+2/p-2. The van der Waals surface area contributed by atoms with Crippen LogP contribution >= 0.6 is 46.4 Å². The third-order valence-corrected chi connectivity index (χ3v) is 20.8. The zero-order chi connectivity index (χ0) is 21.7. The Bertz CT molecular complexity index is 1140. The molecular formula is C24H15Cl4O2Sb. The Morgan fingerprint density at radius 2 is 0.710 bits per heavy atom. The molecule has 0 radical (unpaired) electrons. The van der Waals surface area contributed by atoms with Crippen molar-refractivity contribution in [2.75, 3.05) is 0 Å². The molecule has 0 aromatic heterocycles. The molecule has 1 heterocycles. The van der Waals surface area contributed by atoms with Crippen LogP contribution in [-0.2, 0) is 0 Å². The van der Waals surface area contributed by atoms with Gasteiger partial charge in [-0.05, 0) is 0 Å². The molecule has 7 heteroatoms. The normalized spacial score (nSPS) is 17.0. The molecule has 1 aliphatic rings. The predicted octanol–water partition coefficient (Wildman–Crippen LogP) is 6.19. The zero-order valence-electron chi connectivity index (χ0n) is 15.9. The quantitative estimate of drug-likeness (QED) is 0.159. The summed E-state index contributed by atoms with van der Waals surface area (Å²) in [6.07, 6.45) is 0. The molecule has 31 heavy (non-hydrogen) atoms. The van der Waals surface area contributed by atoms with Crippen molar-refractivity contribution in [2.45, 2.75) is 0 Å². The van der Waals surface area contributed by atoms with Gasteiger partial charge in [-0.3, -0.25) is 0 Å². The van der Waals surface area contributed by atoms with Gasteiger partial charge in [0.05, 0.1) is 0 Å². The fourth-order valence-corrected chi connectivity index (χ4v) is 18.8. The minimum absolute atomic E-state index is 0.140. The van der Waals surface area contributed by atoms with Crippen LogP contribution in [0.2, 0.25) is 20.1 Å². The fraction of sp³-hybridized carbons (Fsp3) is 0. The molecule has 0 unspecified atom stereocenters. The van der Waals surface area contributed by atoms with E-state index in [-0.39, 0.29) is 20.1 Å². The first kappa shape index (κ1) is 21.3. The van der Waals surface area contributed by atoms with Gasteiger partial charge in [0.15, 0.2) is 0 Å². The summed E-state index contributed by atoms with van der Waals surface area (Å²) in [6, 6.07) is 29.9. The maximum absolute atomic E-state index is 7.01. The Morgan fingerprint density at radius 3 is 1.00 bits per heavy atom. The van der Waals surface area contributed by atoms with E-state index < -0.39 is 18.2 Å². The summed E-state index contributed by atoms with van der Waals surface area (Å²) in [5, 5.41) is 0.649. The van der Waals surface area contributed by atoms with Crippen LogP contribution in [0.3, 0.4) is 0 Å². The van der Waals surface area contributed by atoms with Crippen LogP contribution in [0.5, 0.6) is 11.5 Å². The van der Waals surface area contributed by atoms with Gasteiger partial charge in [0.1, 0.15) is 0 Å². The first-order valence-electron chi connectivity index (χ1n) is 9.43. The first-order chi connectivity index (χ1) is 15.0. The van der Waals surface area contributed by atoms with Gasteiger partial charge in [0.25, 0.3) is 0 Å². The van der Waals surface area contributed by atoms with Crippen LogP contribution < -0.4 is 16.6 Å². The van der Waals surface area contributed by atoms with E-state index in [9.17, 15) is 0 Å². The number of halogens is 4. The van der Waals surface area contributed by atoms with E-state index in [1.165, 1.54) is 0 Å². The van der Waals surface area contributed by atoms with Crippen LogP contribution in [0.15, 0.2) is 91.0 Å². The molecule has 156 valence electrons. The molecule has 4 aromatic carbocycles. The SMILES string of the molecule is Clc1c(Cl)c(Cl)c2c(c1Cl)[O][Sb]([c]1ccccc1)([c]1ccccc1)([c]1ccccc1)[O]2. The molecule has 2 nitrogen and oxygen atoms in total. The summed E-state index contributed by atoms with van der Waals surface area (Å²) in [4.78, 5) is 0. The van der Waals surface area contributed by atoms with Crippen LogP contribution in [-0.4, -0.2) is 18.2 Å². The molecule has 0 atom stereocenters. The van der Waals surface area contributed by atoms with Crippen molar-refractivity contribution in [3.05, 3.63) is 111 Å². The number of benzene rings is 4. The summed E-state index contributed by atoms with van der Waals surface area (Å²) in [7, 11) is 0. The van der Waals surface area contributed by atoms with Gasteiger partial charge in [0.2, 0.25) is 0 Å². The van der Waals surface area contributed by atoms with Crippen molar-refractivity contribution < 1.29 is 6.03 Å². The third kappa shape index (κ3) is 2.93. The molecule has 1 aliphatic heterocycles. The average Bonchev–Trinajstić information content (AvgIpc) is 3.23. The molecule has 0 saturated carbocycles. The molecular weight excluding hydrogens is 584 g/mol. The van der Waals surface area contributed by atoms with Crippen molar-refractivity contribution in [3.63, 3.8) is 0 Å².